The van der Waals surface area contributed by atoms with Gasteiger partial charge in [-0.25, -0.2) is 0 Å². The second kappa shape index (κ2) is 5.95. The number of benzene rings is 1. The summed E-state index contributed by atoms with van der Waals surface area (Å²) in [6, 6.07) is 3.61. The largest absolute Gasteiger partial charge is 0.324 e. The first-order chi connectivity index (χ1) is 8.67. The molecule has 0 fully saturated rings. The summed E-state index contributed by atoms with van der Waals surface area (Å²) in [6.07, 6.45) is 1.10. The smallest absolute Gasteiger partial charge is 0.246 e. The molecule has 1 atom stereocenters. The van der Waals surface area contributed by atoms with E-state index in [4.69, 9.17) is 11.6 Å². The molecule has 0 aliphatic carbocycles. The number of likely N-dealkylation sites (N-methyl/N-ethyl adjacent to an activating group) is 1. The van der Waals surface area contributed by atoms with Crippen LogP contribution >= 0.6 is 23.4 Å². The zero-order valence-corrected chi connectivity index (χ0v) is 12.1. The monoisotopic (exact) mass is 284 g/mol. The first kappa shape index (κ1) is 13.7. The molecule has 0 aromatic heterocycles. The predicted molar refractivity (Wildman–Crippen MR) is 77.5 cm³/mol. The van der Waals surface area contributed by atoms with Gasteiger partial charge in [0.25, 0.3) is 0 Å². The zero-order valence-electron chi connectivity index (χ0n) is 10.5. The number of carbonyl (C=O) groups excluding carboxylic acids is 1. The summed E-state index contributed by atoms with van der Waals surface area (Å²) >= 11 is 7.99. The van der Waals surface area contributed by atoms with E-state index in [0.29, 0.717) is 0 Å². The molecular weight excluding hydrogens is 268 g/mol. The molecule has 0 radical (unpaired) electrons. The van der Waals surface area contributed by atoms with E-state index in [0.717, 1.165) is 39.9 Å². The quantitative estimate of drug-likeness (QED) is 0.814. The Hall–Kier alpha value is -0.710. The third-order valence-electron chi connectivity index (χ3n) is 2.81. The number of nitrogens with one attached hydrogen (secondary N) is 2. The van der Waals surface area contributed by atoms with Crippen LogP contribution in [0.25, 0.3) is 0 Å². The summed E-state index contributed by atoms with van der Waals surface area (Å²) in [5.41, 5.74) is 1.83. The molecule has 18 heavy (non-hydrogen) atoms. The molecule has 0 spiro atoms. The highest BCUT2D eigenvalue weighted by Gasteiger charge is 2.30. The lowest BCUT2D eigenvalue weighted by Crippen LogP contribution is -2.27. The Morgan fingerprint density at radius 1 is 1.44 bits per heavy atom. The van der Waals surface area contributed by atoms with Crippen molar-refractivity contribution in [2.45, 2.75) is 31.2 Å². The van der Waals surface area contributed by atoms with E-state index in [1.54, 1.807) is 11.8 Å². The highest BCUT2D eigenvalue weighted by molar-refractivity contribution is 7.99. The molecular formula is C13H17ClN2OS. The molecule has 1 unspecified atom stereocenters. The van der Waals surface area contributed by atoms with Gasteiger partial charge in [-0.3, -0.25) is 4.79 Å². The van der Waals surface area contributed by atoms with Gasteiger partial charge in [-0.1, -0.05) is 25.4 Å². The summed E-state index contributed by atoms with van der Waals surface area (Å²) in [6.45, 7) is 4.87. The molecule has 1 heterocycles. The third kappa shape index (κ3) is 2.66. The molecule has 1 aliphatic rings. The molecule has 2 N–H and O–H groups in total. The van der Waals surface area contributed by atoms with Gasteiger partial charge in [0, 0.05) is 16.1 Å². The molecule has 1 amide bonds. The molecule has 5 heteroatoms. The minimum atomic E-state index is -0.271. The fourth-order valence-electron chi connectivity index (χ4n) is 1.99. The molecule has 0 saturated heterocycles. The highest BCUT2D eigenvalue weighted by atomic mass is 35.5. The highest BCUT2D eigenvalue weighted by Crippen LogP contribution is 2.38. The van der Waals surface area contributed by atoms with Crippen molar-refractivity contribution in [1.29, 1.82) is 0 Å². The summed E-state index contributed by atoms with van der Waals surface area (Å²) in [7, 11) is 0. The van der Waals surface area contributed by atoms with Crippen molar-refractivity contribution in [2.75, 3.05) is 17.6 Å². The lowest BCUT2D eigenvalue weighted by Gasteiger charge is -2.11. The molecule has 98 valence electrons. The molecule has 3 nitrogen and oxygen atoms in total. The van der Waals surface area contributed by atoms with Crippen molar-refractivity contribution in [3.8, 4) is 0 Å². The van der Waals surface area contributed by atoms with E-state index >= 15 is 0 Å². The van der Waals surface area contributed by atoms with Crippen LogP contribution in [0.3, 0.4) is 0 Å². The molecule has 1 aliphatic heterocycles. The molecule has 1 aromatic rings. The van der Waals surface area contributed by atoms with Gasteiger partial charge in [0.05, 0.1) is 5.02 Å². The van der Waals surface area contributed by atoms with Crippen LogP contribution in [-0.4, -0.2) is 18.2 Å². The van der Waals surface area contributed by atoms with E-state index in [2.05, 4.69) is 17.6 Å². The topological polar surface area (TPSA) is 41.1 Å². The van der Waals surface area contributed by atoms with Crippen molar-refractivity contribution in [1.82, 2.24) is 5.32 Å². The number of amides is 1. The Balaban J connectivity index is 2.29. The number of hydrogen-bond donors (Lipinski definition) is 2. The SMILES string of the molecule is CCCSc1cc2c(cc1Cl)C(NCC)C(=O)N2. The lowest BCUT2D eigenvalue weighted by molar-refractivity contribution is -0.117. The van der Waals surface area contributed by atoms with Crippen molar-refractivity contribution < 1.29 is 4.79 Å². The maximum atomic E-state index is 11.8. The standard InChI is InChI=1S/C13H17ClN2OS/c1-3-5-18-11-7-10-8(6-9(11)14)12(15-4-2)13(17)16-10/h6-7,12,15H,3-5H2,1-2H3,(H,16,17). The van der Waals surface area contributed by atoms with Crippen molar-refractivity contribution in [2.24, 2.45) is 0 Å². The Bertz CT molecular complexity index is 465. The van der Waals surface area contributed by atoms with Crippen molar-refractivity contribution >= 4 is 35.0 Å². The van der Waals surface area contributed by atoms with Crippen LogP contribution in [0.1, 0.15) is 31.9 Å². The summed E-state index contributed by atoms with van der Waals surface area (Å²) in [4.78, 5) is 12.9. The number of thioether (sulfide) groups is 1. The summed E-state index contributed by atoms with van der Waals surface area (Å²) in [5.74, 6) is 1.03. The average Bonchev–Trinajstić information content (AvgIpc) is 2.64. The number of fused-ring (bicyclic) bond motifs is 1. The van der Waals surface area contributed by atoms with Gasteiger partial charge >= 0.3 is 0 Å². The van der Waals surface area contributed by atoms with Crippen LogP contribution in [0.15, 0.2) is 17.0 Å². The van der Waals surface area contributed by atoms with Crippen LogP contribution in [0.4, 0.5) is 5.69 Å². The molecule has 0 saturated carbocycles. The van der Waals surface area contributed by atoms with Crippen LogP contribution < -0.4 is 10.6 Å². The number of carbonyl (C=O) groups is 1. The first-order valence-corrected chi connectivity index (χ1v) is 7.54. The zero-order chi connectivity index (χ0) is 13.1. The summed E-state index contributed by atoms with van der Waals surface area (Å²) < 4.78 is 0. The number of rotatable bonds is 5. The van der Waals surface area contributed by atoms with Gasteiger partial charge < -0.3 is 10.6 Å². The van der Waals surface area contributed by atoms with E-state index in [-0.39, 0.29) is 11.9 Å². The second-order valence-electron chi connectivity index (χ2n) is 4.20. The van der Waals surface area contributed by atoms with Gasteiger partial charge in [-0.2, -0.15) is 0 Å². The Morgan fingerprint density at radius 3 is 2.89 bits per heavy atom. The van der Waals surface area contributed by atoms with Gasteiger partial charge in [-0.15, -0.1) is 11.8 Å². The lowest BCUT2D eigenvalue weighted by atomic mass is 10.1. The van der Waals surface area contributed by atoms with E-state index < -0.39 is 0 Å². The number of anilines is 1. The van der Waals surface area contributed by atoms with Gasteiger partial charge in [0.15, 0.2) is 0 Å². The van der Waals surface area contributed by atoms with Gasteiger partial charge in [0.1, 0.15) is 6.04 Å². The molecule has 0 bridgehead atoms. The Labute approximate surface area is 117 Å². The van der Waals surface area contributed by atoms with E-state index in [9.17, 15) is 4.79 Å². The number of hydrogen-bond acceptors (Lipinski definition) is 3. The fourth-order valence-corrected chi connectivity index (χ4v) is 3.15. The first-order valence-electron chi connectivity index (χ1n) is 6.17. The Morgan fingerprint density at radius 2 is 2.22 bits per heavy atom. The van der Waals surface area contributed by atoms with Crippen LogP contribution in [0.5, 0.6) is 0 Å². The van der Waals surface area contributed by atoms with Crippen LogP contribution in [-0.2, 0) is 4.79 Å². The molecule has 1 aromatic carbocycles. The third-order valence-corrected chi connectivity index (χ3v) is 4.49. The van der Waals surface area contributed by atoms with Crippen molar-refractivity contribution in [3.05, 3.63) is 22.7 Å². The van der Waals surface area contributed by atoms with Crippen LogP contribution in [0.2, 0.25) is 5.02 Å². The fraction of sp³-hybridized carbons (Fsp3) is 0.462. The average molecular weight is 285 g/mol. The van der Waals surface area contributed by atoms with Gasteiger partial charge in [0.2, 0.25) is 5.91 Å². The molecule has 2 rings (SSSR count). The van der Waals surface area contributed by atoms with E-state index in [1.165, 1.54) is 0 Å². The van der Waals surface area contributed by atoms with Crippen molar-refractivity contribution in [3.63, 3.8) is 0 Å². The minimum Gasteiger partial charge on any atom is -0.324 e. The van der Waals surface area contributed by atoms with E-state index in [1.807, 2.05) is 19.1 Å². The second-order valence-corrected chi connectivity index (χ2v) is 5.74. The Kier molecular flexibility index (Phi) is 4.54. The normalized spacial score (nSPS) is 17.7. The maximum absolute atomic E-state index is 11.8. The predicted octanol–water partition coefficient (Wildman–Crippen LogP) is 3.44. The van der Waals surface area contributed by atoms with Gasteiger partial charge in [-0.05, 0) is 30.9 Å². The number of halogens is 1. The maximum Gasteiger partial charge on any atom is 0.246 e. The summed E-state index contributed by atoms with van der Waals surface area (Å²) in [5, 5.41) is 6.79. The van der Waals surface area contributed by atoms with Crippen LogP contribution in [0, 0.1) is 0 Å². The minimum absolute atomic E-state index is 0.000517.